The molecule has 0 unspecified atom stereocenters. The number of aryl methyl sites for hydroxylation is 1. The molecule has 3 N–H and O–H groups in total. The van der Waals surface area contributed by atoms with Crippen molar-refractivity contribution in [2.75, 3.05) is 11.1 Å². The number of nitrogens with two attached hydrogens (primary N) is 1. The van der Waals surface area contributed by atoms with Crippen LogP contribution in [-0.4, -0.2) is 5.91 Å². The first-order valence-corrected chi connectivity index (χ1v) is 7.76. The average Bonchev–Trinajstić information content (AvgIpc) is 2.38. The molecule has 0 radical (unpaired) electrons. The molecular formula is C17H26N2O. The van der Waals surface area contributed by atoms with Crippen molar-refractivity contribution in [3.63, 3.8) is 0 Å². The maximum Gasteiger partial charge on any atom is 0.227 e. The third-order valence-corrected chi connectivity index (χ3v) is 4.44. The molecule has 1 aromatic rings. The minimum absolute atomic E-state index is 0.163. The first-order chi connectivity index (χ1) is 9.59. The second-order valence-corrected chi connectivity index (χ2v) is 6.00. The first-order valence-electron chi connectivity index (χ1n) is 7.76. The molecule has 0 spiro atoms. The second kappa shape index (κ2) is 6.78. The molecule has 1 aliphatic rings. The molecule has 0 heterocycles. The van der Waals surface area contributed by atoms with Gasteiger partial charge in [-0.2, -0.15) is 0 Å². The highest BCUT2D eigenvalue weighted by atomic mass is 16.1. The summed E-state index contributed by atoms with van der Waals surface area (Å²) in [5.41, 5.74) is 9.63. The molecule has 1 fully saturated rings. The Morgan fingerprint density at radius 3 is 2.35 bits per heavy atom. The van der Waals surface area contributed by atoms with Crippen LogP contribution in [0.3, 0.4) is 0 Å². The van der Waals surface area contributed by atoms with Crippen LogP contribution < -0.4 is 11.1 Å². The van der Waals surface area contributed by atoms with Crippen LogP contribution in [0.1, 0.15) is 56.1 Å². The lowest BCUT2D eigenvalue weighted by atomic mass is 9.90. The summed E-state index contributed by atoms with van der Waals surface area (Å²) in [5, 5.41) is 3.12. The Kier molecular flexibility index (Phi) is 5.05. The van der Waals surface area contributed by atoms with Crippen molar-refractivity contribution in [1.82, 2.24) is 0 Å². The van der Waals surface area contributed by atoms with Gasteiger partial charge in [0, 0.05) is 17.3 Å². The number of anilines is 2. The maximum absolute atomic E-state index is 12.5. The number of nitrogen functional groups attached to an aromatic ring is 1. The van der Waals surface area contributed by atoms with Crippen LogP contribution in [0.15, 0.2) is 12.1 Å². The van der Waals surface area contributed by atoms with Gasteiger partial charge in [-0.15, -0.1) is 0 Å². The van der Waals surface area contributed by atoms with Gasteiger partial charge in [-0.1, -0.05) is 38.2 Å². The van der Waals surface area contributed by atoms with Crippen molar-refractivity contribution >= 4 is 17.3 Å². The smallest absolute Gasteiger partial charge is 0.227 e. The highest BCUT2D eigenvalue weighted by Gasteiger charge is 2.20. The molecule has 1 aliphatic carbocycles. The van der Waals surface area contributed by atoms with Crippen molar-refractivity contribution < 1.29 is 4.79 Å². The van der Waals surface area contributed by atoms with Crippen LogP contribution in [0.4, 0.5) is 11.4 Å². The first kappa shape index (κ1) is 14.9. The third-order valence-electron chi connectivity index (χ3n) is 4.44. The molecule has 1 saturated carbocycles. The average molecular weight is 274 g/mol. The number of benzene rings is 1. The summed E-state index contributed by atoms with van der Waals surface area (Å²) in [6.45, 7) is 3.98. The van der Waals surface area contributed by atoms with E-state index in [2.05, 4.69) is 5.32 Å². The van der Waals surface area contributed by atoms with Gasteiger partial charge in [0.25, 0.3) is 0 Å². The molecule has 0 aliphatic heterocycles. The van der Waals surface area contributed by atoms with E-state index in [9.17, 15) is 4.79 Å². The van der Waals surface area contributed by atoms with Gasteiger partial charge in [0.2, 0.25) is 5.91 Å². The molecule has 0 atom stereocenters. The highest BCUT2D eigenvalue weighted by molar-refractivity contribution is 5.94. The van der Waals surface area contributed by atoms with E-state index < -0.39 is 0 Å². The van der Waals surface area contributed by atoms with E-state index >= 15 is 0 Å². The highest BCUT2D eigenvalue weighted by Crippen LogP contribution is 2.28. The van der Waals surface area contributed by atoms with Crippen LogP contribution in [0.5, 0.6) is 0 Å². The number of amides is 1. The van der Waals surface area contributed by atoms with E-state index in [0.29, 0.717) is 0 Å². The summed E-state index contributed by atoms with van der Waals surface area (Å²) in [6, 6.07) is 3.87. The van der Waals surface area contributed by atoms with Crippen LogP contribution >= 0.6 is 0 Å². The summed E-state index contributed by atoms with van der Waals surface area (Å²) in [4.78, 5) is 12.5. The number of nitrogens with one attached hydrogen (secondary N) is 1. The van der Waals surface area contributed by atoms with Crippen LogP contribution in [0, 0.1) is 19.8 Å². The monoisotopic (exact) mass is 274 g/mol. The lowest BCUT2D eigenvalue weighted by molar-refractivity contribution is -0.120. The molecule has 110 valence electrons. The number of hydrogen-bond acceptors (Lipinski definition) is 2. The third kappa shape index (κ3) is 3.53. The van der Waals surface area contributed by atoms with E-state index in [1.165, 1.54) is 32.1 Å². The molecule has 3 nitrogen and oxygen atoms in total. The Morgan fingerprint density at radius 2 is 1.70 bits per heavy atom. The summed E-state index contributed by atoms with van der Waals surface area (Å²) < 4.78 is 0. The molecule has 1 aromatic carbocycles. The zero-order valence-corrected chi connectivity index (χ0v) is 12.7. The number of rotatable bonds is 2. The number of hydrogen-bond donors (Lipinski definition) is 2. The fourth-order valence-corrected chi connectivity index (χ4v) is 3.00. The minimum Gasteiger partial charge on any atom is -0.398 e. The zero-order chi connectivity index (χ0) is 14.5. The number of carbonyl (C=O) groups excluding carboxylic acids is 1. The Labute approximate surface area is 121 Å². The van der Waals surface area contributed by atoms with Crippen molar-refractivity contribution in [3.8, 4) is 0 Å². The summed E-state index contributed by atoms with van der Waals surface area (Å²) in [7, 11) is 0. The fraction of sp³-hybridized carbons (Fsp3) is 0.588. The normalized spacial score (nSPS) is 17.3. The van der Waals surface area contributed by atoms with Crippen molar-refractivity contribution in [3.05, 3.63) is 23.3 Å². The van der Waals surface area contributed by atoms with Gasteiger partial charge >= 0.3 is 0 Å². The van der Waals surface area contributed by atoms with E-state index in [0.717, 1.165) is 35.3 Å². The summed E-state index contributed by atoms with van der Waals surface area (Å²) in [5.74, 6) is 0.333. The molecule has 2 rings (SSSR count). The quantitative estimate of drug-likeness (QED) is 0.795. The van der Waals surface area contributed by atoms with Crippen molar-refractivity contribution in [2.24, 2.45) is 5.92 Å². The summed E-state index contributed by atoms with van der Waals surface area (Å²) >= 11 is 0. The Morgan fingerprint density at radius 1 is 1.10 bits per heavy atom. The van der Waals surface area contributed by atoms with E-state index in [1.807, 2.05) is 26.0 Å². The molecule has 20 heavy (non-hydrogen) atoms. The molecule has 1 amide bonds. The van der Waals surface area contributed by atoms with E-state index in [-0.39, 0.29) is 11.8 Å². The van der Waals surface area contributed by atoms with Gasteiger partial charge < -0.3 is 11.1 Å². The lowest BCUT2D eigenvalue weighted by Crippen LogP contribution is -2.24. The second-order valence-electron chi connectivity index (χ2n) is 6.00. The predicted octanol–water partition coefficient (Wildman–Crippen LogP) is 4.18. The molecule has 0 bridgehead atoms. The Balaban J connectivity index is 2.08. The predicted molar refractivity (Wildman–Crippen MR) is 84.8 cm³/mol. The molecule has 0 saturated heterocycles. The maximum atomic E-state index is 12.5. The molecule has 3 heteroatoms. The van der Waals surface area contributed by atoms with Crippen molar-refractivity contribution in [1.29, 1.82) is 0 Å². The standard InChI is InChI=1S/C17H26N2O/c1-12-10-11-15(18)13(2)16(12)19-17(20)14-8-6-4-3-5-7-9-14/h10-11,14H,3-9,18H2,1-2H3,(H,19,20). The SMILES string of the molecule is Cc1ccc(N)c(C)c1NC(=O)C1CCCCCCC1. The topological polar surface area (TPSA) is 55.1 Å². The Hall–Kier alpha value is -1.51. The van der Waals surface area contributed by atoms with Crippen molar-refractivity contribution in [2.45, 2.75) is 58.8 Å². The van der Waals surface area contributed by atoms with Crippen LogP contribution in [0.2, 0.25) is 0 Å². The van der Waals surface area contributed by atoms with Gasteiger partial charge in [0.05, 0.1) is 0 Å². The van der Waals surface area contributed by atoms with Gasteiger partial charge in [0.15, 0.2) is 0 Å². The zero-order valence-electron chi connectivity index (χ0n) is 12.7. The molecular weight excluding hydrogens is 248 g/mol. The lowest BCUT2D eigenvalue weighted by Gasteiger charge is -2.21. The van der Waals surface area contributed by atoms with Crippen LogP contribution in [-0.2, 0) is 4.79 Å². The minimum atomic E-state index is 0.163. The van der Waals surface area contributed by atoms with Gasteiger partial charge in [-0.25, -0.2) is 0 Å². The largest absolute Gasteiger partial charge is 0.398 e. The van der Waals surface area contributed by atoms with Gasteiger partial charge in [-0.3, -0.25) is 4.79 Å². The Bertz CT molecular complexity index is 474. The number of carbonyl (C=O) groups is 1. The van der Waals surface area contributed by atoms with Gasteiger partial charge in [0.1, 0.15) is 0 Å². The molecule has 0 aromatic heterocycles. The van der Waals surface area contributed by atoms with Gasteiger partial charge in [-0.05, 0) is 43.9 Å². The van der Waals surface area contributed by atoms with E-state index in [1.54, 1.807) is 0 Å². The summed E-state index contributed by atoms with van der Waals surface area (Å²) in [6.07, 6.45) is 8.24. The van der Waals surface area contributed by atoms with E-state index in [4.69, 9.17) is 5.73 Å². The van der Waals surface area contributed by atoms with Crippen LogP contribution in [0.25, 0.3) is 0 Å². The fourth-order valence-electron chi connectivity index (χ4n) is 3.00.